The summed E-state index contributed by atoms with van der Waals surface area (Å²) in [5.41, 5.74) is 0.832. The highest BCUT2D eigenvalue weighted by atomic mass is 32.2. The van der Waals surface area contributed by atoms with E-state index in [-0.39, 0.29) is 22.8 Å². The molecular weight excluding hydrogens is 470 g/mol. The molecular formula is C18H27N9O4S2. The number of sulfonamides is 2. The number of tetrazole rings is 1. The lowest BCUT2D eigenvalue weighted by Crippen LogP contribution is -2.58. The van der Waals surface area contributed by atoms with Crippen LogP contribution in [0.5, 0.6) is 0 Å². The van der Waals surface area contributed by atoms with Crippen LogP contribution in [0.4, 0.5) is 5.69 Å². The molecule has 1 aromatic heterocycles. The number of anilines is 1. The first-order valence-corrected chi connectivity index (χ1v) is 13.8. The summed E-state index contributed by atoms with van der Waals surface area (Å²) >= 11 is 0. The van der Waals surface area contributed by atoms with Gasteiger partial charge < -0.3 is 15.5 Å². The number of H-pyrrole nitrogens is 1. The average Bonchev–Trinajstić information content (AvgIpc) is 3.45. The second kappa shape index (κ2) is 8.25. The summed E-state index contributed by atoms with van der Waals surface area (Å²) in [5, 5.41) is 25.8. The lowest BCUT2D eigenvalue weighted by molar-refractivity contribution is 0.126. The Morgan fingerprint density at radius 1 is 1.12 bits per heavy atom. The van der Waals surface area contributed by atoms with Crippen molar-refractivity contribution in [2.24, 2.45) is 10.6 Å². The first-order chi connectivity index (χ1) is 15.7. The topological polar surface area (TPSA) is 188 Å². The summed E-state index contributed by atoms with van der Waals surface area (Å²) < 4.78 is 54.7. The zero-order valence-electron chi connectivity index (χ0n) is 17.9. The van der Waals surface area contributed by atoms with Crippen LogP contribution in [0.3, 0.4) is 0 Å². The minimum absolute atomic E-state index is 0.0285. The number of nitrogens with zero attached hydrogens (tertiary/aromatic N) is 4. The zero-order valence-corrected chi connectivity index (χ0v) is 19.5. The first kappa shape index (κ1) is 22.6. The van der Waals surface area contributed by atoms with E-state index in [0.717, 1.165) is 25.9 Å². The molecule has 0 bridgehead atoms. The highest BCUT2D eigenvalue weighted by Gasteiger charge is 2.41. The Bertz CT molecular complexity index is 1230. The molecule has 0 unspecified atom stereocenters. The van der Waals surface area contributed by atoms with Crippen LogP contribution in [0.2, 0.25) is 0 Å². The fourth-order valence-electron chi connectivity index (χ4n) is 4.89. The molecule has 5 rings (SSSR count). The van der Waals surface area contributed by atoms with Gasteiger partial charge in [0.15, 0.2) is 0 Å². The lowest BCUT2D eigenvalue weighted by Gasteiger charge is -2.49. The maximum absolute atomic E-state index is 13.3. The number of piperidine rings is 1. The summed E-state index contributed by atoms with van der Waals surface area (Å²) in [5.74, 6) is -0.0285. The van der Waals surface area contributed by atoms with Gasteiger partial charge in [-0.3, -0.25) is 0 Å². The summed E-state index contributed by atoms with van der Waals surface area (Å²) in [6.07, 6.45) is 2.48. The molecule has 0 radical (unpaired) electrons. The minimum Gasteiger partial charge on any atom is -0.371 e. The number of benzene rings is 1. The molecule has 3 saturated heterocycles. The van der Waals surface area contributed by atoms with Crippen molar-refractivity contribution < 1.29 is 16.8 Å². The largest absolute Gasteiger partial charge is 0.371 e. The van der Waals surface area contributed by atoms with Gasteiger partial charge in [0.1, 0.15) is 9.79 Å². The molecule has 6 N–H and O–H groups in total. The Morgan fingerprint density at radius 2 is 1.88 bits per heavy atom. The number of nitrogens with two attached hydrogens (primary N) is 1. The molecule has 13 nitrogen and oxygen atoms in total. The SMILES string of the molecule is NS(=O)(=O)c1c(S(=O)(=O)N[C@@H]2CCNC2)ccc(N2CCC3(CC2)CNC3)c1-c1nn[nH]n1. The van der Waals surface area contributed by atoms with Gasteiger partial charge in [-0.1, -0.05) is 0 Å². The van der Waals surface area contributed by atoms with Crippen LogP contribution in [0.25, 0.3) is 11.4 Å². The molecule has 0 amide bonds. The molecule has 180 valence electrons. The number of hydrogen-bond acceptors (Lipinski definition) is 10. The number of aromatic amines is 1. The maximum atomic E-state index is 13.3. The minimum atomic E-state index is -4.48. The number of primary sulfonamides is 1. The normalized spacial score (nSPS) is 23.1. The van der Waals surface area contributed by atoms with E-state index >= 15 is 0 Å². The molecule has 1 atom stereocenters. The van der Waals surface area contributed by atoms with E-state index in [0.29, 0.717) is 38.3 Å². The fourth-order valence-corrected chi connectivity index (χ4v) is 7.75. The highest BCUT2D eigenvalue weighted by Crippen LogP contribution is 2.42. The van der Waals surface area contributed by atoms with Crippen molar-refractivity contribution in [1.82, 2.24) is 36.0 Å². The van der Waals surface area contributed by atoms with Crippen LogP contribution in [-0.2, 0) is 20.0 Å². The highest BCUT2D eigenvalue weighted by molar-refractivity contribution is 7.92. The van der Waals surface area contributed by atoms with Gasteiger partial charge in [0, 0.05) is 44.5 Å². The van der Waals surface area contributed by atoms with E-state index < -0.39 is 29.8 Å². The van der Waals surface area contributed by atoms with Gasteiger partial charge in [-0.05, 0) is 48.6 Å². The van der Waals surface area contributed by atoms with E-state index in [1.165, 1.54) is 6.07 Å². The molecule has 3 aliphatic rings. The van der Waals surface area contributed by atoms with Crippen LogP contribution in [-0.4, -0.2) is 82.8 Å². The van der Waals surface area contributed by atoms with Crippen molar-refractivity contribution in [2.75, 3.05) is 44.2 Å². The molecule has 4 heterocycles. The molecule has 0 saturated carbocycles. The van der Waals surface area contributed by atoms with Gasteiger partial charge in [0.05, 0.1) is 5.56 Å². The lowest BCUT2D eigenvalue weighted by atomic mass is 9.73. The molecule has 1 aromatic carbocycles. The van der Waals surface area contributed by atoms with Crippen LogP contribution in [0, 0.1) is 5.41 Å². The van der Waals surface area contributed by atoms with E-state index in [1.54, 1.807) is 6.07 Å². The monoisotopic (exact) mass is 497 g/mol. The van der Waals surface area contributed by atoms with Gasteiger partial charge in [-0.2, -0.15) is 5.21 Å². The zero-order chi connectivity index (χ0) is 23.3. The predicted molar refractivity (Wildman–Crippen MR) is 119 cm³/mol. The third-order valence-electron chi connectivity index (χ3n) is 6.79. The molecule has 1 spiro atoms. The molecule has 3 fully saturated rings. The Kier molecular flexibility index (Phi) is 5.65. The number of hydrogen-bond donors (Lipinski definition) is 5. The Morgan fingerprint density at radius 3 is 2.42 bits per heavy atom. The third-order valence-corrected chi connectivity index (χ3v) is 9.47. The Hall–Kier alpha value is -2.17. The van der Waals surface area contributed by atoms with Gasteiger partial charge >= 0.3 is 0 Å². The Balaban J connectivity index is 1.62. The van der Waals surface area contributed by atoms with Crippen molar-refractivity contribution >= 4 is 25.7 Å². The standard InChI is InChI=1S/C18H27N9O4S2/c19-32(28,29)16-14(33(30,31)24-12-3-6-20-9-12)2-1-13(15(16)17-22-25-26-23-17)27-7-4-18(5-8-27)10-21-11-18/h1-2,12,20-21,24H,3-11H2,(H2,19,28,29)(H,22,23,25,26)/t12-/m1/s1. The van der Waals surface area contributed by atoms with E-state index in [4.69, 9.17) is 5.14 Å². The van der Waals surface area contributed by atoms with Crippen molar-refractivity contribution in [2.45, 2.75) is 35.1 Å². The summed E-state index contributed by atoms with van der Waals surface area (Å²) in [6.45, 7) is 4.46. The summed E-state index contributed by atoms with van der Waals surface area (Å²) in [4.78, 5) is 1.09. The number of aromatic nitrogens is 4. The smallest absolute Gasteiger partial charge is 0.242 e. The maximum Gasteiger partial charge on any atom is 0.242 e. The molecule has 3 aliphatic heterocycles. The predicted octanol–water partition coefficient (Wildman–Crippen LogP) is -1.66. The Labute approximate surface area is 192 Å². The van der Waals surface area contributed by atoms with E-state index in [2.05, 4.69) is 36.0 Å². The summed E-state index contributed by atoms with van der Waals surface area (Å²) in [7, 11) is -8.67. The third kappa shape index (κ3) is 4.24. The van der Waals surface area contributed by atoms with Gasteiger partial charge in [0.25, 0.3) is 0 Å². The van der Waals surface area contributed by atoms with Crippen molar-refractivity contribution in [3.05, 3.63) is 12.1 Å². The number of rotatable bonds is 6. The second-order valence-electron chi connectivity index (χ2n) is 8.97. The average molecular weight is 498 g/mol. The van der Waals surface area contributed by atoms with Crippen LogP contribution >= 0.6 is 0 Å². The second-order valence-corrected chi connectivity index (χ2v) is 12.1. The molecule has 0 aliphatic carbocycles. The number of nitrogens with one attached hydrogen (secondary N) is 4. The van der Waals surface area contributed by atoms with Gasteiger partial charge in [0.2, 0.25) is 25.9 Å². The molecule has 33 heavy (non-hydrogen) atoms. The fraction of sp³-hybridized carbons (Fsp3) is 0.611. The van der Waals surface area contributed by atoms with Gasteiger partial charge in [-0.25, -0.2) is 26.7 Å². The van der Waals surface area contributed by atoms with Gasteiger partial charge in [-0.15, -0.1) is 10.2 Å². The van der Waals surface area contributed by atoms with Crippen molar-refractivity contribution in [3.8, 4) is 11.4 Å². The molecule has 2 aromatic rings. The van der Waals surface area contributed by atoms with Crippen LogP contribution in [0.15, 0.2) is 21.9 Å². The quantitative estimate of drug-likeness (QED) is 0.309. The van der Waals surface area contributed by atoms with Crippen LogP contribution < -0.4 is 25.4 Å². The van der Waals surface area contributed by atoms with E-state index in [1.807, 2.05) is 4.90 Å². The van der Waals surface area contributed by atoms with Crippen LogP contribution in [0.1, 0.15) is 19.3 Å². The van der Waals surface area contributed by atoms with E-state index in [9.17, 15) is 16.8 Å². The van der Waals surface area contributed by atoms with Crippen molar-refractivity contribution in [1.29, 1.82) is 0 Å². The first-order valence-electron chi connectivity index (χ1n) is 10.8. The summed E-state index contributed by atoms with van der Waals surface area (Å²) in [6, 6.07) is 2.57. The molecule has 15 heteroatoms. The van der Waals surface area contributed by atoms with Crippen molar-refractivity contribution in [3.63, 3.8) is 0 Å².